The van der Waals surface area contributed by atoms with E-state index in [1.54, 1.807) is 18.2 Å². The molecule has 5 nitrogen and oxygen atoms in total. The van der Waals surface area contributed by atoms with E-state index in [4.69, 9.17) is 4.52 Å². The SMILES string of the molecule is Cc1ncc(C)c(N2CCc3onc(-c4ccccc4F)c3C2)n1. The highest BCUT2D eigenvalue weighted by atomic mass is 19.1. The molecule has 0 aliphatic carbocycles. The van der Waals surface area contributed by atoms with Gasteiger partial charge in [-0.15, -0.1) is 0 Å². The maximum absolute atomic E-state index is 14.1. The number of rotatable bonds is 2. The molecule has 0 atom stereocenters. The van der Waals surface area contributed by atoms with E-state index in [1.807, 2.05) is 20.0 Å². The molecular formula is C18H17FN4O. The van der Waals surface area contributed by atoms with Gasteiger partial charge in [-0.25, -0.2) is 14.4 Å². The minimum Gasteiger partial charge on any atom is -0.360 e. The van der Waals surface area contributed by atoms with Crippen molar-refractivity contribution in [3.63, 3.8) is 0 Å². The van der Waals surface area contributed by atoms with Crippen molar-refractivity contribution in [2.45, 2.75) is 26.8 Å². The lowest BCUT2D eigenvalue weighted by atomic mass is 10.0. The molecule has 0 N–H and O–H groups in total. The first-order valence-corrected chi connectivity index (χ1v) is 7.91. The number of anilines is 1. The number of nitrogens with zero attached hydrogens (tertiary/aromatic N) is 4. The van der Waals surface area contributed by atoms with Crippen LogP contribution in [0, 0.1) is 19.7 Å². The number of fused-ring (bicyclic) bond motifs is 1. The van der Waals surface area contributed by atoms with Crippen molar-refractivity contribution in [1.29, 1.82) is 0 Å². The van der Waals surface area contributed by atoms with Crippen LogP contribution in [-0.4, -0.2) is 21.7 Å². The zero-order valence-corrected chi connectivity index (χ0v) is 13.6. The van der Waals surface area contributed by atoms with Gasteiger partial charge in [-0.2, -0.15) is 0 Å². The van der Waals surface area contributed by atoms with Crippen LogP contribution in [0.3, 0.4) is 0 Å². The first kappa shape index (κ1) is 14.8. The van der Waals surface area contributed by atoms with Crippen molar-refractivity contribution < 1.29 is 8.91 Å². The molecule has 0 radical (unpaired) electrons. The average Bonchev–Trinajstić information content (AvgIpc) is 3.00. The van der Waals surface area contributed by atoms with Crippen LogP contribution >= 0.6 is 0 Å². The summed E-state index contributed by atoms with van der Waals surface area (Å²) in [4.78, 5) is 11.0. The molecule has 0 unspecified atom stereocenters. The summed E-state index contributed by atoms with van der Waals surface area (Å²) in [6, 6.07) is 6.64. The Labute approximate surface area is 139 Å². The van der Waals surface area contributed by atoms with Gasteiger partial charge in [-0.1, -0.05) is 17.3 Å². The molecule has 2 aromatic heterocycles. The van der Waals surface area contributed by atoms with Gasteiger partial charge in [0.1, 0.15) is 28.9 Å². The summed E-state index contributed by atoms with van der Waals surface area (Å²) >= 11 is 0. The van der Waals surface area contributed by atoms with Gasteiger partial charge in [-0.05, 0) is 26.0 Å². The second-order valence-electron chi connectivity index (χ2n) is 6.01. The first-order valence-electron chi connectivity index (χ1n) is 7.91. The molecule has 0 bridgehead atoms. The van der Waals surface area contributed by atoms with Gasteiger partial charge in [0, 0.05) is 35.9 Å². The predicted octanol–water partition coefficient (Wildman–Crippen LogP) is 3.45. The molecule has 0 saturated carbocycles. The Morgan fingerprint density at radius 2 is 2.04 bits per heavy atom. The Hall–Kier alpha value is -2.76. The normalized spacial score (nSPS) is 13.9. The molecule has 4 rings (SSSR count). The van der Waals surface area contributed by atoms with Crippen molar-refractivity contribution >= 4 is 5.82 Å². The van der Waals surface area contributed by atoms with Gasteiger partial charge in [0.15, 0.2) is 0 Å². The quantitative estimate of drug-likeness (QED) is 0.722. The Kier molecular flexibility index (Phi) is 3.52. The fourth-order valence-electron chi connectivity index (χ4n) is 3.09. The molecule has 0 spiro atoms. The van der Waals surface area contributed by atoms with Crippen LogP contribution in [0.4, 0.5) is 10.2 Å². The van der Waals surface area contributed by atoms with E-state index in [9.17, 15) is 4.39 Å². The standard InChI is InChI=1S/C18H17FN4O/c1-11-9-20-12(2)21-18(11)23-8-7-16-14(10-23)17(22-24-16)13-5-3-4-6-15(13)19/h3-6,9H,7-8,10H2,1-2H3. The monoisotopic (exact) mass is 324 g/mol. The highest BCUT2D eigenvalue weighted by molar-refractivity contribution is 5.65. The fraction of sp³-hybridized carbons (Fsp3) is 0.278. The summed E-state index contributed by atoms with van der Waals surface area (Å²) in [5, 5.41) is 4.12. The van der Waals surface area contributed by atoms with Gasteiger partial charge < -0.3 is 9.42 Å². The number of aryl methyl sites for hydroxylation is 2. The van der Waals surface area contributed by atoms with Gasteiger partial charge in [0.2, 0.25) is 0 Å². The molecule has 1 aromatic carbocycles. The molecule has 3 aromatic rings. The van der Waals surface area contributed by atoms with Gasteiger partial charge in [0.25, 0.3) is 0 Å². The zero-order valence-electron chi connectivity index (χ0n) is 13.6. The predicted molar refractivity (Wildman–Crippen MR) is 88.2 cm³/mol. The van der Waals surface area contributed by atoms with Crippen molar-refractivity contribution in [3.8, 4) is 11.3 Å². The van der Waals surface area contributed by atoms with Crippen LogP contribution < -0.4 is 4.90 Å². The van der Waals surface area contributed by atoms with E-state index < -0.39 is 0 Å². The van der Waals surface area contributed by atoms with Crippen LogP contribution in [0.2, 0.25) is 0 Å². The Morgan fingerprint density at radius 3 is 2.88 bits per heavy atom. The van der Waals surface area contributed by atoms with Gasteiger partial charge in [0.05, 0.1) is 6.54 Å². The maximum atomic E-state index is 14.1. The molecule has 0 fully saturated rings. The fourth-order valence-corrected chi connectivity index (χ4v) is 3.09. The number of halogens is 1. The van der Waals surface area contributed by atoms with Crippen LogP contribution in [0.5, 0.6) is 0 Å². The zero-order chi connectivity index (χ0) is 16.7. The molecule has 3 heterocycles. The second-order valence-corrected chi connectivity index (χ2v) is 6.01. The highest BCUT2D eigenvalue weighted by Crippen LogP contribution is 2.33. The summed E-state index contributed by atoms with van der Waals surface area (Å²) in [6.45, 7) is 5.26. The van der Waals surface area contributed by atoms with Crippen molar-refractivity contribution in [3.05, 3.63) is 59.0 Å². The van der Waals surface area contributed by atoms with Crippen LogP contribution in [0.25, 0.3) is 11.3 Å². The smallest absolute Gasteiger partial charge is 0.144 e. The number of hydrogen-bond donors (Lipinski definition) is 0. The molecule has 0 saturated heterocycles. The Balaban J connectivity index is 1.74. The number of benzene rings is 1. The molecule has 1 aliphatic rings. The van der Waals surface area contributed by atoms with Crippen LogP contribution in [-0.2, 0) is 13.0 Å². The number of hydrogen-bond acceptors (Lipinski definition) is 5. The van der Waals surface area contributed by atoms with Gasteiger partial charge >= 0.3 is 0 Å². The minimum absolute atomic E-state index is 0.292. The van der Waals surface area contributed by atoms with E-state index in [0.717, 1.165) is 41.5 Å². The first-order chi connectivity index (χ1) is 11.6. The van der Waals surface area contributed by atoms with Crippen molar-refractivity contribution in [1.82, 2.24) is 15.1 Å². The second kappa shape index (κ2) is 5.70. The van der Waals surface area contributed by atoms with E-state index in [0.29, 0.717) is 17.8 Å². The van der Waals surface area contributed by atoms with Crippen molar-refractivity contribution in [2.24, 2.45) is 0 Å². The van der Waals surface area contributed by atoms with Crippen LogP contribution in [0.15, 0.2) is 35.0 Å². The molecule has 122 valence electrons. The third-order valence-electron chi connectivity index (χ3n) is 4.32. The van der Waals surface area contributed by atoms with E-state index in [-0.39, 0.29) is 5.82 Å². The molecular weight excluding hydrogens is 307 g/mol. The lowest BCUT2D eigenvalue weighted by Gasteiger charge is -2.28. The highest BCUT2D eigenvalue weighted by Gasteiger charge is 2.27. The topological polar surface area (TPSA) is 55.1 Å². The van der Waals surface area contributed by atoms with E-state index in [1.165, 1.54) is 6.07 Å². The van der Waals surface area contributed by atoms with Crippen molar-refractivity contribution in [2.75, 3.05) is 11.4 Å². The Bertz CT molecular complexity index is 906. The molecule has 1 aliphatic heterocycles. The molecule has 6 heteroatoms. The summed E-state index contributed by atoms with van der Waals surface area (Å²) < 4.78 is 19.6. The largest absolute Gasteiger partial charge is 0.360 e. The lowest BCUT2D eigenvalue weighted by molar-refractivity contribution is 0.378. The average molecular weight is 324 g/mol. The Morgan fingerprint density at radius 1 is 1.21 bits per heavy atom. The summed E-state index contributed by atoms with van der Waals surface area (Å²) in [6.07, 6.45) is 2.55. The van der Waals surface area contributed by atoms with Crippen LogP contribution in [0.1, 0.15) is 22.7 Å². The number of aromatic nitrogens is 3. The third kappa shape index (κ3) is 2.44. The molecule has 0 amide bonds. The molecule has 24 heavy (non-hydrogen) atoms. The van der Waals surface area contributed by atoms with Gasteiger partial charge in [-0.3, -0.25) is 0 Å². The lowest BCUT2D eigenvalue weighted by Crippen LogP contribution is -2.31. The summed E-state index contributed by atoms with van der Waals surface area (Å²) in [7, 11) is 0. The third-order valence-corrected chi connectivity index (χ3v) is 4.32. The summed E-state index contributed by atoms with van der Waals surface area (Å²) in [5.74, 6) is 2.18. The minimum atomic E-state index is -0.292. The maximum Gasteiger partial charge on any atom is 0.144 e. The summed E-state index contributed by atoms with van der Waals surface area (Å²) in [5.41, 5.74) is 3.01. The van der Waals surface area contributed by atoms with E-state index in [2.05, 4.69) is 20.0 Å². The van der Waals surface area contributed by atoms with E-state index >= 15 is 0 Å².